The Labute approximate surface area is 179 Å². The summed E-state index contributed by atoms with van der Waals surface area (Å²) in [4.78, 5) is 23.7. The molecule has 0 saturated carbocycles. The largest absolute Gasteiger partial charge is 0.484 e. The third-order valence-corrected chi connectivity index (χ3v) is 6.11. The molecule has 3 aromatic rings. The zero-order valence-electron chi connectivity index (χ0n) is 16.9. The minimum Gasteiger partial charge on any atom is -0.484 e. The predicted molar refractivity (Wildman–Crippen MR) is 113 cm³/mol. The zero-order chi connectivity index (χ0) is 22.4. The number of ether oxygens (including phenoxy) is 1. The van der Waals surface area contributed by atoms with Gasteiger partial charge in [0.25, 0.3) is 15.9 Å². The van der Waals surface area contributed by atoms with Gasteiger partial charge in [0.1, 0.15) is 5.75 Å². The van der Waals surface area contributed by atoms with Gasteiger partial charge in [-0.15, -0.1) is 0 Å². The monoisotopic (exact) mass is 443 g/mol. The van der Waals surface area contributed by atoms with Crippen LogP contribution in [0.1, 0.15) is 16.1 Å². The van der Waals surface area contributed by atoms with E-state index in [1.807, 2.05) is 6.92 Å². The van der Waals surface area contributed by atoms with Gasteiger partial charge in [0, 0.05) is 7.05 Å². The number of sulfonamides is 1. The molecule has 1 heterocycles. The number of benzene rings is 2. The van der Waals surface area contributed by atoms with Crippen molar-refractivity contribution < 1.29 is 27.2 Å². The van der Waals surface area contributed by atoms with E-state index in [9.17, 15) is 18.0 Å². The highest BCUT2D eigenvalue weighted by molar-refractivity contribution is 7.92. The molecule has 0 atom stereocenters. The van der Waals surface area contributed by atoms with Gasteiger partial charge in [0.2, 0.25) is 0 Å². The van der Waals surface area contributed by atoms with Gasteiger partial charge in [0.05, 0.1) is 16.8 Å². The lowest BCUT2D eigenvalue weighted by atomic mass is 10.2. The first kappa shape index (κ1) is 21.9. The fourth-order valence-electron chi connectivity index (χ4n) is 2.54. The Bertz CT molecular complexity index is 1140. The third-order valence-electron chi connectivity index (χ3n) is 4.31. The normalized spacial score (nSPS) is 10.9. The van der Waals surface area contributed by atoms with E-state index >= 15 is 0 Å². The molecule has 0 aliphatic heterocycles. The standard InChI is InChI=1S/C21H21N3O6S/c1-15-5-11-18(12-6-15)31(27,28)24(2)16-7-9-17(10-8-16)30-14-20(25)22-23-21(26)19-4-3-13-29-19/h3-13H,14H2,1-2H3,(H,22,25)(H,23,26). The van der Waals surface area contributed by atoms with Gasteiger partial charge in [-0.3, -0.25) is 24.7 Å². The molecule has 0 aliphatic carbocycles. The van der Waals surface area contributed by atoms with Crippen molar-refractivity contribution in [2.24, 2.45) is 0 Å². The van der Waals surface area contributed by atoms with Crippen LogP contribution in [0.2, 0.25) is 0 Å². The zero-order valence-corrected chi connectivity index (χ0v) is 17.7. The Hall–Kier alpha value is -3.79. The Morgan fingerprint density at radius 1 is 1.00 bits per heavy atom. The molecule has 2 N–H and O–H groups in total. The van der Waals surface area contributed by atoms with Gasteiger partial charge in [-0.05, 0) is 55.5 Å². The van der Waals surface area contributed by atoms with Crippen LogP contribution in [-0.2, 0) is 14.8 Å². The number of carbonyl (C=O) groups excluding carboxylic acids is 2. The molecule has 0 bridgehead atoms. The van der Waals surface area contributed by atoms with Gasteiger partial charge in [-0.25, -0.2) is 8.42 Å². The summed E-state index contributed by atoms with van der Waals surface area (Å²) in [7, 11) is -2.24. The number of hydrazine groups is 1. The molecule has 0 radical (unpaired) electrons. The van der Waals surface area contributed by atoms with Crippen molar-refractivity contribution in [1.29, 1.82) is 0 Å². The lowest BCUT2D eigenvalue weighted by Gasteiger charge is -2.20. The summed E-state index contributed by atoms with van der Waals surface area (Å²) in [6.45, 7) is 1.53. The lowest BCUT2D eigenvalue weighted by Crippen LogP contribution is -2.43. The predicted octanol–water partition coefficient (Wildman–Crippen LogP) is 2.25. The van der Waals surface area contributed by atoms with E-state index < -0.39 is 21.8 Å². The number of amides is 2. The third kappa shape index (κ3) is 5.43. The molecule has 0 fully saturated rings. The fourth-order valence-corrected chi connectivity index (χ4v) is 3.74. The van der Waals surface area contributed by atoms with Crippen molar-refractivity contribution in [3.8, 4) is 5.75 Å². The van der Waals surface area contributed by atoms with Crippen LogP contribution in [-0.4, -0.2) is 33.9 Å². The smallest absolute Gasteiger partial charge is 0.305 e. The van der Waals surface area contributed by atoms with Gasteiger partial charge >= 0.3 is 5.91 Å². The number of nitrogens with one attached hydrogen (secondary N) is 2. The van der Waals surface area contributed by atoms with Crippen molar-refractivity contribution in [2.45, 2.75) is 11.8 Å². The Kier molecular flexibility index (Phi) is 6.61. The number of furan rings is 1. The summed E-state index contributed by atoms with van der Waals surface area (Å²) in [5.74, 6) is -0.762. The SMILES string of the molecule is Cc1ccc(S(=O)(=O)N(C)c2ccc(OCC(=O)NNC(=O)c3ccco3)cc2)cc1. The number of hydrogen-bond donors (Lipinski definition) is 2. The molecule has 10 heteroatoms. The summed E-state index contributed by atoms with van der Waals surface area (Å²) in [5, 5.41) is 0. The molecule has 162 valence electrons. The molecule has 0 spiro atoms. The number of aryl methyl sites for hydroxylation is 1. The number of nitrogens with zero attached hydrogens (tertiary/aromatic N) is 1. The van der Waals surface area contributed by atoms with Crippen molar-refractivity contribution in [3.63, 3.8) is 0 Å². The van der Waals surface area contributed by atoms with Crippen LogP contribution in [0, 0.1) is 6.92 Å². The summed E-state index contributed by atoms with van der Waals surface area (Å²) in [5.41, 5.74) is 5.80. The fraction of sp³-hybridized carbons (Fsp3) is 0.143. The molecule has 1 aromatic heterocycles. The van der Waals surface area contributed by atoms with Gasteiger partial charge in [-0.2, -0.15) is 0 Å². The van der Waals surface area contributed by atoms with E-state index in [4.69, 9.17) is 9.15 Å². The van der Waals surface area contributed by atoms with Crippen LogP contribution in [0.4, 0.5) is 5.69 Å². The minimum atomic E-state index is -3.70. The van der Waals surface area contributed by atoms with E-state index in [1.165, 1.54) is 23.7 Å². The van der Waals surface area contributed by atoms with Crippen LogP contribution in [0.15, 0.2) is 76.2 Å². The number of rotatable bonds is 7. The highest BCUT2D eigenvalue weighted by Gasteiger charge is 2.21. The summed E-state index contributed by atoms with van der Waals surface area (Å²) in [6, 6.07) is 15.8. The minimum absolute atomic E-state index is 0.0570. The van der Waals surface area contributed by atoms with Crippen LogP contribution in [0.3, 0.4) is 0 Å². The van der Waals surface area contributed by atoms with Crippen LogP contribution in [0.5, 0.6) is 5.75 Å². The second kappa shape index (κ2) is 9.35. The first-order valence-corrected chi connectivity index (χ1v) is 10.6. The van der Waals surface area contributed by atoms with Crippen molar-refractivity contribution in [3.05, 3.63) is 78.3 Å². The first-order valence-electron chi connectivity index (χ1n) is 9.18. The molecule has 31 heavy (non-hydrogen) atoms. The average molecular weight is 443 g/mol. The van der Waals surface area contributed by atoms with E-state index in [-0.39, 0.29) is 17.3 Å². The topological polar surface area (TPSA) is 118 Å². The van der Waals surface area contributed by atoms with Crippen molar-refractivity contribution >= 4 is 27.5 Å². The maximum atomic E-state index is 12.8. The Balaban J connectivity index is 1.54. The quantitative estimate of drug-likeness (QED) is 0.541. The molecule has 9 nitrogen and oxygen atoms in total. The molecule has 0 unspecified atom stereocenters. The molecule has 0 aliphatic rings. The Morgan fingerprint density at radius 3 is 2.29 bits per heavy atom. The van der Waals surface area contributed by atoms with E-state index in [0.29, 0.717) is 11.4 Å². The summed E-state index contributed by atoms with van der Waals surface area (Å²) < 4.78 is 36.9. The lowest BCUT2D eigenvalue weighted by molar-refractivity contribution is -0.123. The maximum absolute atomic E-state index is 12.8. The molecular weight excluding hydrogens is 422 g/mol. The summed E-state index contributed by atoms with van der Waals surface area (Å²) >= 11 is 0. The highest BCUT2D eigenvalue weighted by Crippen LogP contribution is 2.24. The summed E-state index contributed by atoms with van der Waals surface area (Å²) in [6.07, 6.45) is 1.34. The van der Waals surface area contributed by atoms with Crippen molar-refractivity contribution in [2.75, 3.05) is 18.0 Å². The van der Waals surface area contributed by atoms with Crippen LogP contribution >= 0.6 is 0 Å². The second-order valence-electron chi connectivity index (χ2n) is 6.55. The van der Waals surface area contributed by atoms with Crippen LogP contribution < -0.4 is 19.9 Å². The van der Waals surface area contributed by atoms with E-state index in [1.54, 1.807) is 54.6 Å². The Morgan fingerprint density at radius 2 is 1.68 bits per heavy atom. The molecule has 3 rings (SSSR count). The van der Waals surface area contributed by atoms with E-state index in [2.05, 4.69) is 10.9 Å². The molecule has 2 aromatic carbocycles. The number of carbonyl (C=O) groups is 2. The average Bonchev–Trinajstić information content (AvgIpc) is 3.31. The van der Waals surface area contributed by atoms with Gasteiger partial charge in [-0.1, -0.05) is 17.7 Å². The maximum Gasteiger partial charge on any atom is 0.305 e. The van der Waals surface area contributed by atoms with E-state index in [0.717, 1.165) is 5.56 Å². The molecular formula is C21H21N3O6S. The van der Waals surface area contributed by atoms with Crippen LogP contribution in [0.25, 0.3) is 0 Å². The second-order valence-corrected chi connectivity index (χ2v) is 8.52. The molecule has 2 amide bonds. The van der Waals surface area contributed by atoms with Gasteiger partial charge in [0.15, 0.2) is 12.4 Å². The number of anilines is 1. The highest BCUT2D eigenvalue weighted by atomic mass is 32.2. The first-order chi connectivity index (χ1) is 14.8. The van der Waals surface area contributed by atoms with Gasteiger partial charge < -0.3 is 9.15 Å². The van der Waals surface area contributed by atoms with Crippen molar-refractivity contribution in [1.82, 2.24) is 10.9 Å². The number of hydrogen-bond acceptors (Lipinski definition) is 6. The molecule has 0 saturated heterocycles.